The van der Waals surface area contributed by atoms with Crippen molar-refractivity contribution in [2.24, 2.45) is 5.73 Å². The molecule has 3 rings (SSSR count). The molecule has 0 saturated carbocycles. The summed E-state index contributed by atoms with van der Waals surface area (Å²) in [6.45, 7) is 7.48. The van der Waals surface area contributed by atoms with E-state index in [0.717, 1.165) is 13.2 Å². The maximum atomic E-state index is 6.43. The summed E-state index contributed by atoms with van der Waals surface area (Å²) >= 11 is 0. The highest BCUT2D eigenvalue weighted by Gasteiger charge is 2.35. The van der Waals surface area contributed by atoms with Crippen molar-refractivity contribution in [3.8, 4) is 0 Å². The van der Waals surface area contributed by atoms with Gasteiger partial charge >= 0.3 is 0 Å². The van der Waals surface area contributed by atoms with Gasteiger partial charge in [0.1, 0.15) is 0 Å². The molecule has 3 atom stereocenters. The zero-order valence-corrected chi connectivity index (χ0v) is 12.6. The first-order valence-electron chi connectivity index (χ1n) is 7.86. The fourth-order valence-corrected chi connectivity index (χ4v) is 3.38. The molecule has 0 amide bonds. The van der Waals surface area contributed by atoms with E-state index in [1.165, 1.54) is 30.5 Å². The summed E-state index contributed by atoms with van der Waals surface area (Å²) < 4.78 is 6.02. The summed E-state index contributed by atoms with van der Waals surface area (Å²) in [6.07, 6.45) is 2.72. The first kappa shape index (κ1) is 14.1. The van der Waals surface area contributed by atoms with Gasteiger partial charge < -0.3 is 10.5 Å². The summed E-state index contributed by atoms with van der Waals surface area (Å²) in [5, 5.41) is 0. The van der Waals surface area contributed by atoms with Gasteiger partial charge in [0.25, 0.3) is 0 Å². The molecule has 0 aliphatic carbocycles. The Morgan fingerprint density at radius 2 is 1.90 bits per heavy atom. The van der Waals surface area contributed by atoms with Crippen LogP contribution >= 0.6 is 0 Å². The molecule has 0 radical (unpaired) electrons. The van der Waals surface area contributed by atoms with Crippen LogP contribution in [0.3, 0.4) is 0 Å². The number of hydrogen-bond acceptors (Lipinski definition) is 3. The van der Waals surface area contributed by atoms with Crippen LogP contribution in [-0.2, 0) is 4.74 Å². The lowest BCUT2D eigenvalue weighted by Crippen LogP contribution is -2.49. The molecule has 1 aromatic carbocycles. The number of ether oxygens (including phenoxy) is 1. The van der Waals surface area contributed by atoms with Crippen LogP contribution in [0, 0.1) is 0 Å². The molecular weight excluding hydrogens is 248 g/mol. The van der Waals surface area contributed by atoms with Gasteiger partial charge in [-0.25, -0.2) is 0 Å². The Hall–Kier alpha value is -0.900. The lowest BCUT2D eigenvalue weighted by atomic mass is 9.96. The molecule has 3 nitrogen and oxygen atoms in total. The van der Waals surface area contributed by atoms with Gasteiger partial charge in [-0.3, -0.25) is 4.90 Å². The Balaban J connectivity index is 1.67. The number of morpholine rings is 1. The molecule has 20 heavy (non-hydrogen) atoms. The smallest absolute Gasteiger partial charge is 0.0895 e. The number of rotatable bonds is 3. The summed E-state index contributed by atoms with van der Waals surface area (Å²) in [5.74, 6) is 0.566. The predicted molar refractivity (Wildman–Crippen MR) is 81.8 cm³/mol. The van der Waals surface area contributed by atoms with Gasteiger partial charge in [0.15, 0.2) is 0 Å². The second-order valence-corrected chi connectivity index (χ2v) is 6.51. The summed E-state index contributed by atoms with van der Waals surface area (Å²) in [7, 11) is 0. The monoisotopic (exact) mass is 274 g/mol. The molecule has 110 valence electrons. The molecule has 2 fully saturated rings. The first-order chi connectivity index (χ1) is 9.65. The van der Waals surface area contributed by atoms with Crippen molar-refractivity contribution in [3.05, 3.63) is 35.4 Å². The van der Waals surface area contributed by atoms with E-state index in [0.29, 0.717) is 12.0 Å². The van der Waals surface area contributed by atoms with Crippen molar-refractivity contribution in [3.63, 3.8) is 0 Å². The van der Waals surface area contributed by atoms with Crippen LogP contribution in [0.15, 0.2) is 24.3 Å². The number of hydrogen-bond donors (Lipinski definition) is 1. The van der Waals surface area contributed by atoms with Crippen molar-refractivity contribution in [1.82, 2.24) is 4.90 Å². The fraction of sp³-hybridized carbons (Fsp3) is 0.647. The van der Waals surface area contributed by atoms with E-state index in [-0.39, 0.29) is 12.1 Å². The average molecular weight is 274 g/mol. The van der Waals surface area contributed by atoms with E-state index < -0.39 is 0 Å². The quantitative estimate of drug-likeness (QED) is 0.921. The van der Waals surface area contributed by atoms with E-state index in [1.54, 1.807) is 0 Å². The number of fused-ring (bicyclic) bond motifs is 1. The average Bonchev–Trinajstić information content (AvgIpc) is 2.94. The largest absolute Gasteiger partial charge is 0.373 e. The Bertz CT molecular complexity index is 443. The second kappa shape index (κ2) is 5.84. The number of nitrogens with zero attached hydrogens (tertiary/aromatic N) is 1. The minimum absolute atomic E-state index is 0.0160. The summed E-state index contributed by atoms with van der Waals surface area (Å²) in [5.41, 5.74) is 8.98. The van der Waals surface area contributed by atoms with E-state index in [9.17, 15) is 0 Å². The number of benzene rings is 1. The summed E-state index contributed by atoms with van der Waals surface area (Å²) in [4.78, 5) is 2.55. The SMILES string of the molecule is CC(C)c1ccc(C(N)C2CN3CCCC3CO2)cc1. The molecule has 2 aliphatic rings. The highest BCUT2D eigenvalue weighted by atomic mass is 16.5. The van der Waals surface area contributed by atoms with E-state index in [2.05, 4.69) is 43.0 Å². The van der Waals surface area contributed by atoms with Crippen LogP contribution in [0.4, 0.5) is 0 Å². The third-order valence-electron chi connectivity index (χ3n) is 4.80. The van der Waals surface area contributed by atoms with Crippen LogP contribution in [-0.4, -0.2) is 36.7 Å². The van der Waals surface area contributed by atoms with Gasteiger partial charge in [0.2, 0.25) is 0 Å². The maximum Gasteiger partial charge on any atom is 0.0895 e. The second-order valence-electron chi connectivity index (χ2n) is 6.51. The Kier molecular flexibility index (Phi) is 4.11. The minimum Gasteiger partial charge on any atom is -0.373 e. The van der Waals surface area contributed by atoms with Crippen molar-refractivity contribution < 1.29 is 4.74 Å². The molecule has 2 N–H and O–H groups in total. The van der Waals surface area contributed by atoms with Crippen molar-refractivity contribution in [2.75, 3.05) is 19.7 Å². The van der Waals surface area contributed by atoms with E-state index in [1.807, 2.05) is 0 Å². The van der Waals surface area contributed by atoms with Gasteiger partial charge in [0, 0.05) is 12.6 Å². The van der Waals surface area contributed by atoms with E-state index >= 15 is 0 Å². The third kappa shape index (κ3) is 2.76. The van der Waals surface area contributed by atoms with Crippen molar-refractivity contribution >= 4 is 0 Å². The topological polar surface area (TPSA) is 38.5 Å². The minimum atomic E-state index is -0.0160. The molecule has 1 aromatic rings. The van der Waals surface area contributed by atoms with E-state index in [4.69, 9.17) is 10.5 Å². The molecule has 2 aliphatic heterocycles. The lowest BCUT2D eigenvalue weighted by Gasteiger charge is -2.37. The maximum absolute atomic E-state index is 6.43. The molecule has 2 saturated heterocycles. The molecule has 0 bridgehead atoms. The number of nitrogens with two attached hydrogens (primary N) is 1. The van der Waals surface area contributed by atoms with Crippen LogP contribution < -0.4 is 5.73 Å². The van der Waals surface area contributed by atoms with Gasteiger partial charge in [-0.05, 0) is 36.4 Å². The van der Waals surface area contributed by atoms with Crippen LogP contribution in [0.1, 0.15) is 49.8 Å². The third-order valence-corrected chi connectivity index (χ3v) is 4.80. The zero-order chi connectivity index (χ0) is 14.1. The molecular formula is C17H26N2O. The highest BCUT2D eigenvalue weighted by molar-refractivity contribution is 5.27. The molecule has 2 heterocycles. The highest BCUT2D eigenvalue weighted by Crippen LogP contribution is 2.28. The van der Waals surface area contributed by atoms with Crippen LogP contribution in [0.5, 0.6) is 0 Å². The molecule has 3 unspecified atom stereocenters. The lowest BCUT2D eigenvalue weighted by molar-refractivity contribution is -0.0597. The molecule has 0 aromatic heterocycles. The Labute approximate surface area is 122 Å². The summed E-state index contributed by atoms with van der Waals surface area (Å²) in [6, 6.07) is 9.35. The molecule has 3 heteroatoms. The predicted octanol–water partition coefficient (Wildman–Crippen LogP) is 2.67. The van der Waals surface area contributed by atoms with Crippen molar-refractivity contribution in [1.29, 1.82) is 0 Å². The molecule has 0 spiro atoms. The van der Waals surface area contributed by atoms with Crippen LogP contribution in [0.25, 0.3) is 0 Å². The normalized spacial score (nSPS) is 28.6. The van der Waals surface area contributed by atoms with Gasteiger partial charge in [0.05, 0.1) is 18.8 Å². The van der Waals surface area contributed by atoms with Gasteiger partial charge in [-0.2, -0.15) is 0 Å². The van der Waals surface area contributed by atoms with Crippen molar-refractivity contribution in [2.45, 2.75) is 50.8 Å². The fourth-order valence-electron chi connectivity index (χ4n) is 3.38. The first-order valence-corrected chi connectivity index (χ1v) is 7.86. The zero-order valence-electron chi connectivity index (χ0n) is 12.6. The van der Waals surface area contributed by atoms with Gasteiger partial charge in [-0.15, -0.1) is 0 Å². The Morgan fingerprint density at radius 1 is 1.20 bits per heavy atom. The van der Waals surface area contributed by atoms with Gasteiger partial charge in [-0.1, -0.05) is 38.1 Å². The van der Waals surface area contributed by atoms with Crippen LogP contribution in [0.2, 0.25) is 0 Å². The standard InChI is InChI=1S/C17H26N2O/c1-12(2)13-5-7-14(8-6-13)17(18)16-10-19-9-3-4-15(19)11-20-16/h5-8,12,15-17H,3-4,9-11,18H2,1-2H3. The Morgan fingerprint density at radius 3 is 2.60 bits per heavy atom.